The number of benzene rings is 2. The van der Waals surface area contributed by atoms with E-state index in [0.717, 1.165) is 16.8 Å². The van der Waals surface area contributed by atoms with Crippen LogP contribution in [0.4, 0.5) is 16.2 Å². The Hall–Kier alpha value is -4.46. The van der Waals surface area contributed by atoms with Crippen LogP contribution < -0.4 is 16.0 Å². The van der Waals surface area contributed by atoms with Crippen molar-refractivity contribution in [1.29, 1.82) is 0 Å². The normalized spacial score (nSPS) is 10.5. The summed E-state index contributed by atoms with van der Waals surface area (Å²) in [7, 11) is 0. The van der Waals surface area contributed by atoms with E-state index in [9.17, 15) is 9.59 Å². The summed E-state index contributed by atoms with van der Waals surface area (Å²) in [4.78, 5) is 29.3. The Bertz CT molecular complexity index is 1280. The molecule has 0 saturated carbocycles. The number of aromatic nitrogens is 3. The maximum Gasteiger partial charge on any atom is 0.323 e. The number of amides is 3. The predicted octanol–water partition coefficient (Wildman–Crippen LogP) is 4.46. The number of anilines is 2. The van der Waals surface area contributed by atoms with Crippen molar-refractivity contribution in [3.05, 3.63) is 102 Å². The highest BCUT2D eigenvalue weighted by Crippen LogP contribution is 2.15. The third kappa shape index (κ3) is 5.43. The van der Waals surface area contributed by atoms with Crippen LogP contribution in [0.2, 0.25) is 0 Å². The second-order valence-electron chi connectivity index (χ2n) is 7.58. The summed E-state index contributed by atoms with van der Waals surface area (Å²) in [6, 6.07) is 20.1. The van der Waals surface area contributed by atoms with Gasteiger partial charge in [0, 0.05) is 24.1 Å². The Morgan fingerprint density at radius 1 is 0.909 bits per heavy atom. The number of carbonyl (C=O) groups is 2. The van der Waals surface area contributed by atoms with Gasteiger partial charge in [-0.1, -0.05) is 30.3 Å². The standard InChI is InChI=1S/C25H24N6O2/c1-17-7-5-9-20(13-17)29-25(33)30-21-10-6-8-19(14-21)15-27-24(32)22-16-28-31(18(22)2)23-11-3-4-12-26-23/h3-14,16H,15H2,1-2H3,(H,27,32)(H2,29,30,33). The van der Waals surface area contributed by atoms with Crippen LogP contribution in [0.5, 0.6) is 0 Å². The molecule has 166 valence electrons. The van der Waals surface area contributed by atoms with Crippen LogP contribution in [-0.4, -0.2) is 26.7 Å². The van der Waals surface area contributed by atoms with Crippen LogP contribution >= 0.6 is 0 Å². The van der Waals surface area contributed by atoms with Crippen molar-refractivity contribution in [2.24, 2.45) is 0 Å². The van der Waals surface area contributed by atoms with Crippen LogP contribution in [0.1, 0.15) is 27.2 Å². The van der Waals surface area contributed by atoms with Gasteiger partial charge in [0.25, 0.3) is 5.91 Å². The first kappa shape index (κ1) is 21.8. The average molecular weight is 441 g/mol. The molecule has 0 unspecified atom stereocenters. The lowest BCUT2D eigenvalue weighted by molar-refractivity contribution is 0.0950. The van der Waals surface area contributed by atoms with Crippen molar-refractivity contribution < 1.29 is 9.59 Å². The Labute approximate surface area is 191 Å². The molecule has 33 heavy (non-hydrogen) atoms. The van der Waals surface area contributed by atoms with E-state index in [1.54, 1.807) is 16.9 Å². The maximum atomic E-state index is 12.7. The van der Waals surface area contributed by atoms with Crippen molar-refractivity contribution >= 4 is 23.3 Å². The minimum absolute atomic E-state index is 0.231. The lowest BCUT2D eigenvalue weighted by Gasteiger charge is -2.10. The molecule has 8 heteroatoms. The van der Waals surface area contributed by atoms with Crippen LogP contribution in [-0.2, 0) is 6.54 Å². The number of aryl methyl sites for hydroxylation is 1. The van der Waals surface area contributed by atoms with E-state index in [1.165, 1.54) is 6.20 Å². The van der Waals surface area contributed by atoms with E-state index in [0.29, 0.717) is 29.3 Å². The zero-order valence-electron chi connectivity index (χ0n) is 18.4. The first-order valence-corrected chi connectivity index (χ1v) is 10.5. The molecule has 0 atom stereocenters. The number of hydrogen-bond acceptors (Lipinski definition) is 4. The van der Waals surface area contributed by atoms with E-state index < -0.39 is 0 Å². The molecule has 2 aromatic carbocycles. The van der Waals surface area contributed by atoms with Crippen molar-refractivity contribution in [1.82, 2.24) is 20.1 Å². The first-order valence-electron chi connectivity index (χ1n) is 10.5. The highest BCUT2D eigenvalue weighted by Gasteiger charge is 2.15. The zero-order chi connectivity index (χ0) is 23.2. The number of urea groups is 1. The maximum absolute atomic E-state index is 12.7. The van der Waals surface area contributed by atoms with E-state index >= 15 is 0 Å². The molecule has 2 aromatic heterocycles. The summed E-state index contributed by atoms with van der Waals surface area (Å²) in [5, 5.41) is 12.8. The van der Waals surface area contributed by atoms with E-state index in [1.807, 2.05) is 74.5 Å². The van der Waals surface area contributed by atoms with Gasteiger partial charge in [0.2, 0.25) is 0 Å². The molecule has 0 aliphatic rings. The first-order chi connectivity index (χ1) is 16.0. The molecule has 0 aliphatic carbocycles. The third-order valence-corrected chi connectivity index (χ3v) is 5.03. The number of pyridine rings is 1. The van der Waals surface area contributed by atoms with Gasteiger partial charge < -0.3 is 16.0 Å². The van der Waals surface area contributed by atoms with Crippen molar-refractivity contribution in [2.75, 3.05) is 10.6 Å². The Morgan fingerprint density at radius 2 is 1.67 bits per heavy atom. The molecule has 2 heterocycles. The molecule has 0 aliphatic heterocycles. The van der Waals surface area contributed by atoms with Crippen LogP contribution in [0, 0.1) is 13.8 Å². The molecular weight excluding hydrogens is 416 g/mol. The van der Waals surface area contributed by atoms with Crippen LogP contribution in [0.25, 0.3) is 5.82 Å². The summed E-state index contributed by atoms with van der Waals surface area (Å²) in [6.45, 7) is 4.10. The van der Waals surface area contributed by atoms with Gasteiger partial charge in [-0.3, -0.25) is 4.79 Å². The van der Waals surface area contributed by atoms with Gasteiger partial charge in [0.1, 0.15) is 0 Å². The van der Waals surface area contributed by atoms with Crippen molar-refractivity contribution in [3.8, 4) is 5.82 Å². The third-order valence-electron chi connectivity index (χ3n) is 5.03. The average Bonchev–Trinajstić information content (AvgIpc) is 3.19. The Balaban J connectivity index is 1.36. The minimum Gasteiger partial charge on any atom is -0.348 e. The van der Waals surface area contributed by atoms with Crippen LogP contribution in [0.3, 0.4) is 0 Å². The fourth-order valence-corrected chi connectivity index (χ4v) is 3.40. The quantitative estimate of drug-likeness (QED) is 0.412. The van der Waals surface area contributed by atoms with E-state index in [2.05, 4.69) is 26.0 Å². The second-order valence-corrected chi connectivity index (χ2v) is 7.58. The number of hydrogen-bond donors (Lipinski definition) is 3. The molecule has 0 fully saturated rings. The highest BCUT2D eigenvalue weighted by molar-refractivity contribution is 5.99. The SMILES string of the molecule is Cc1cccc(NC(=O)Nc2cccc(CNC(=O)c3cnn(-c4ccccn4)c3C)c2)c1. The summed E-state index contributed by atoms with van der Waals surface area (Å²) in [6.07, 6.45) is 3.21. The Kier molecular flexibility index (Phi) is 6.45. The molecule has 4 rings (SSSR count). The van der Waals surface area contributed by atoms with Gasteiger partial charge in [-0.15, -0.1) is 0 Å². The second kappa shape index (κ2) is 9.78. The number of rotatable bonds is 6. The highest BCUT2D eigenvalue weighted by atomic mass is 16.2. The topological polar surface area (TPSA) is 101 Å². The summed E-state index contributed by atoms with van der Waals surface area (Å²) < 4.78 is 1.63. The number of nitrogens with one attached hydrogen (secondary N) is 3. The number of carbonyl (C=O) groups excluding carboxylic acids is 2. The van der Waals surface area contributed by atoms with E-state index in [4.69, 9.17) is 0 Å². The minimum atomic E-state index is -0.334. The fourth-order valence-electron chi connectivity index (χ4n) is 3.40. The molecule has 0 spiro atoms. The molecule has 8 nitrogen and oxygen atoms in total. The van der Waals surface area contributed by atoms with Gasteiger partial charge in [-0.25, -0.2) is 14.5 Å². The smallest absolute Gasteiger partial charge is 0.323 e. The molecule has 3 amide bonds. The van der Waals surface area contributed by atoms with Gasteiger partial charge in [0.15, 0.2) is 5.82 Å². The summed E-state index contributed by atoms with van der Waals surface area (Å²) in [5.74, 6) is 0.419. The summed E-state index contributed by atoms with van der Waals surface area (Å²) >= 11 is 0. The summed E-state index contributed by atoms with van der Waals surface area (Å²) in [5.41, 5.74) is 4.45. The van der Waals surface area contributed by atoms with Crippen molar-refractivity contribution in [3.63, 3.8) is 0 Å². The van der Waals surface area contributed by atoms with Gasteiger partial charge >= 0.3 is 6.03 Å². The zero-order valence-corrected chi connectivity index (χ0v) is 18.4. The molecule has 3 N–H and O–H groups in total. The van der Waals surface area contributed by atoms with Gasteiger partial charge in [-0.2, -0.15) is 5.10 Å². The lowest BCUT2D eigenvalue weighted by atomic mass is 10.2. The predicted molar refractivity (Wildman–Crippen MR) is 128 cm³/mol. The molecular formula is C25H24N6O2. The monoisotopic (exact) mass is 440 g/mol. The van der Waals surface area contributed by atoms with E-state index in [-0.39, 0.29) is 11.9 Å². The molecule has 0 saturated heterocycles. The van der Waals surface area contributed by atoms with Crippen molar-refractivity contribution in [2.45, 2.75) is 20.4 Å². The molecule has 0 radical (unpaired) electrons. The Morgan fingerprint density at radius 3 is 2.39 bits per heavy atom. The largest absolute Gasteiger partial charge is 0.348 e. The lowest BCUT2D eigenvalue weighted by Crippen LogP contribution is -2.23. The van der Waals surface area contributed by atoms with Crippen LogP contribution in [0.15, 0.2) is 79.1 Å². The van der Waals surface area contributed by atoms with Gasteiger partial charge in [-0.05, 0) is 61.4 Å². The molecule has 0 bridgehead atoms. The fraction of sp³-hybridized carbons (Fsp3) is 0.120. The van der Waals surface area contributed by atoms with Gasteiger partial charge in [0.05, 0.1) is 17.5 Å². The number of nitrogens with zero attached hydrogens (tertiary/aromatic N) is 3. The molecule has 4 aromatic rings.